The van der Waals surface area contributed by atoms with E-state index in [0.717, 1.165) is 0 Å². The fourth-order valence-corrected chi connectivity index (χ4v) is 20.8. The standard InChI is InChI=1S/C67H46S2Si/c1-45-39-44-59-67(69-55-35-19-22-38-58(55)70(59)56-36-20-17-33-53(56)68-54-34-18-21-37-57(54)70)60(45)51-40-42-52(43-41-51)66-64(49-29-13-5-14-30-49)62(47-25-9-3-10-26-47)61(46-23-7-2-8-24-46)63(48-27-11-4-12-28-48)65(66)50-31-15-6-16-32-50/h2-44H,1H3. The third-order valence-electron chi connectivity index (χ3n) is 14.3. The Bertz CT molecular complexity index is 3570. The van der Waals surface area contributed by atoms with Crippen LogP contribution >= 0.6 is 23.5 Å². The van der Waals surface area contributed by atoms with Crippen molar-refractivity contribution in [3.05, 3.63) is 266 Å². The van der Waals surface area contributed by atoms with E-state index in [-0.39, 0.29) is 0 Å². The van der Waals surface area contributed by atoms with E-state index in [1.165, 1.54) is 124 Å². The molecule has 0 atom stereocenters. The molecule has 11 aromatic carbocycles. The van der Waals surface area contributed by atoms with Crippen LogP contribution in [0.2, 0.25) is 0 Å². The van der Waals surface area contributed by atoms with Gasteiger partial charge >= 0.3 is 0 Å². The first-order chi connectivity index (χ1) is 34.7. The Morgan fingerprint density at radius 1 is 0.229 bits per heavy atom. The van der Waals surface area contributed by atoms with Gasteiger partial charge in [-0.15, -0.1) is 0 Å². The Balaban J connectivity index is 1.11. The largest absolute Gasteiger partial charge is 0.184 e. The molecule has 330 valence electrons. The molecule has 11 aromatic rings. The molecule has 0 N–H and O–H groups in total. The van der Waals surface area contributed by atoms with Gasteiger partial charge in [0.15, 0.2) is 8.07 Å². The summed E-state index contributed by atoms with van der Waals surface area (Å²) in [6, 6.07) is 97.6. The van der Waals surface area contributed by atoms with Crippen LogP contribution in [0, 0.1) is 6.92 Å². The van der Waals surface area contributed by atoms with Gasteiger partial charge in [0.1, 0.15) is 0 Å². The monoisotopic (exact) mass is 942 g/mol. The van der Waals surface area contributed by atoms with Gasteiger partial charge < -0.3 is 0 Å². The van der Waals surface area contributed by atoms with Crippen LogP contribution in [0.15, 0.2) is 280 Å². The Labute approximate surface area is 420 Å². The van der Waals surface area contributed by atoms with E-state index in [1.54, 1.807) is 0 Å². The maximum Gasteiger partial charge on any atom is 0.184 e. The SMILES string of the molecule is Cc1ccc2c(c1-c1ccc(-c3c(-c4ccccc4)c(-c4ccccc4)c(-c4ccccc4)c(-c4ccccc4)c3-c3ccccc3)cc1)Sc1ccccc1[Si]21c2ccccc2Sc2ccccc21. The lowest BCUT2D eigenvalue weighted by Crippen LogP contribution is -2.78. The highest BCUT2D eigenvalue weighted by atomic mass is 32.2. The molecule has 0 aromatic heterocycles. The van der Waals surface area contributed by atoms with Crippen molar-refractivity contribution in [2.75, 3.05) is 0 Å². The molecule has 0 amide bonds. The summed E-state index contributed by atoms with van der Waals surface area (Å²) in [6.45, 7) is 2.30. The molecule has 2 aliphatic rings. The maximum absolute atomic E-state index is 2.75. The number of aryl methyl sites for hydroxylation is 1. The lowest BCUT2D eigenvalue weighted by molar-refractivity contribution is 1.34. The van der Waals surface area contributed by atoms with Gasteiger partial charge in [0, 0.05) is 19.6 Å². The number of benzene rings is 11. The van der Waals surface area contributed by atoms with Crippen molar-refractivity contribution < 1.29 is 0 Å². The van der Waals surface area contributed by atoms with Crippen LogP contribution in [0.4, 0.5) is 0 Å². The van der Waals surface area contributed by atoms with Crippen LogP contribution in [-0.4, -0.2) is 8.07 Å². The number of hydrogen-bond donors (Lipinski definition) is 0. The van der Waals surface area contributed by atoms with Gasteiger partial charge in [0.2, 0.25) is 0 Å². The van der Waals surface area contributed by atoms with Crippen molar-refractivity contribution >= 4 is 52.3 Å². The predicted molar refractivity (Wildman–Crippen MR) is 301 cm³/mol. The molecule has 3 heteroatoms. The van der Waals surface area contributed by atoms with Crippen LogP contribution in [0.3, 0.4) is 0 Å². The topological polar surface area (TPSA) is 0 Å². The van der Waals surface area contributed by atoms with Gasteiger partial charge in [-0.05, 0) is 129 Å². The summed E-state index contributed by atoms with van der Waals surface area (Å²) in [6.07, 6.45) is 0. The molecule has 0 unspecified atom stereocenters. The van der Waals surface area contributed by atoms with Crippen molar-refractivity contribution in [3.63, 3.8) is 0 Å². The highest BCUT2D eigenvalue weighted by Gasteiger charge is 2.51. The number of fused-ring (bicyclic) bond motifs is 8. The molecule has 13 rings (SSSR count). The average Bonchev–Trinajstić information content (AvgIpc) is 3.43. The van der Waals surface area contributed by atoms with Gasteiger partial charge in [-0.2, -0.15) is 0 Å². The van der Waals surface area contributed by atoms with Crippen LogP contribution in [0.5, 0.6) is 0 Å². The molecule has 0 aliphatic carbocycles. The smallest absolute Gasteiger partial charge is 0.0903 e. The molecular weight excluding hydrogens is 897 g/mol. The molecule has 0 saturated carbocycles. The second kappa shape index (κ2) is 17.7. The van der Waals surface area contributed by atoms with Gasteiger partial charge in [-0.25, -0.2) is 0 Å². The Kier molecular flexibility index (Phi) is 10.7. The summed E-state index contributed by atoms with van der Waals surface area (Å²) in [5.41, 5.74) is 18.3. The zero-order valence-corrected chi connectivity index (χ0v) is 41.3. The average molecular weight is 943 g/mol. The Hall–Kier alpha value is -7.66. The molecule has 0 bridgehead atoms. The first-order valence-electron chi connectivity index (χ1n) is 24.1. The first-order valence-corrected chi connectivity index (χ1v) is 27.7. The molecule has 0 nitrogen and oxygen atoms in total. The van der Waals surface area contributed by atoms with E-state index < -0.39 is 8.07 Å². The summed E-state index contributed by atoms with van der Waals surface area (Å²) in [5.74, 6) is 0. The van der Waals surface area contributed by atoms with Gasteiger partial charge in [-0.3, -0.25) is 0 Å². The summed E-state index contributed by atoms with van der Waals surface area (Å²) in [5, 5.41) is 5.95. The van der Waals surface area contributed by atoms with Crippen LogP contribution < -0.4 is 20.7 Å². The minimum atomic E-state index is -2.75. The van der Waals surface area contributed by atoms with E-state index in [9.17, 15) is 0 Å². The predicted octanol–water partition coefficient (Wildman–Crippen LogP) is 16.0. The molecule has 2 heterocycles. The van der Waals surface area contributed by atoms with E-state index in [1.807, 2.05) is 23.5 Å². The van der Waals surface area contributed by atoms with E-state index in [0.29, 0.717) is 0 Å². The summed E-state index contributed by atoms with van der Waals surface area (Å²) in [7, 11) is -2.75. The van der Waals surface area contributed by atoms with Crippen molar-refractivity contribution in [2.24, 2.45) is 0 Å². The summed E-state index contributed by atoms with van der Waals surface area (Å²) < 4.78 is 0. The normalized spacial score (nSPS) is 12.9. The molecule has 2 aliphatic heterocycles. The van der Waals surface area contributed by atoms with Crippen molar-refractivity contribution in [1.82, 2.24) is 0 Å². The first kappa shape index (κ1) is 42.4. The zero-order valence-electron chi connectivity index (χ0n) is 38.6. The van der Waals surface area contributed by atoms with Crippen molar-refractivity contribution in [3.8, 4) is 77.9 Å². The molecular formula is C67H46S2Si. The summed E-state index contributed by atoms with van der Waals surface area (Å²) in [4.78, 5) is 5.49. The fraction of sp³-hybridized carbons (Fsp3) is 0.0149. The molecule has 0 saturated heterocycles. The van der Waals surface area contributed by atoms with Gasteiger partial charge in [0.25, 0.3) is 0 Å². The Morgan fingerprint density at radius 3 is 0.843 bits per heavy atom. The van der Waals surface area contributed by atoms with Gasteiger partial charge in [-0.1, -0.05) is 266 Å². The van der Waals surface area contributed by atoms with Crippen LogP contribution in [0.25, 0.3) is 77.9 Å². The lowest BCUT2D eigenvalue weighted by Gasteiger charge is -2.44. The Morgan fingerprint density at radius 2 is 0.500 bits per heavy atom. The third-order valence-corrected chi connectivity index (χ3v) is 22.4. The molecule has 0 radical (unpaired) electrons. The highest BCUT2D eigenvalue weighted by molar-refractivity contribution is 8.01. The number of hydrogen-bond acceptors (Lipinski definition) is 2. The van der Waals surface area contributed by atoms with Crippen molar-refractivity contribution in [1.29, 1.82) is 0 Å². The third kappa shape index (κ3) is 6.83. The highest BCUT2D eigenvalue weighted by Crippen LogP contribution is 2.56. The van der Waals surface area contributed by atoms with E-state index in [2.05, 4.69) is 268 Å². The summed E-state index contributed by atoms with van der Waals surface area (Å²) >= 11 is 3.89. The maximum atomic E-state index is 2.49. The minimum Gasteiger partial charge on any atom is -0.0903 e. The van der Waals surface area contributed by atoms with Gasteiger partial charge in [0.05, 0.1) is 0 Å². The van der Waals surface area contributed by atoms with E-state index >= 15 is 0 Å². The second-order valence-corrected chi connectivity index (χ2v) is 24.0. The molecule has 0 fully saturated rings. The molecule has 70 heavy (non-hydrogen) atoms. The lowest BCUT2D eigenvalue weighted by atomic mass is 9.74. The van der Waals surface area contributed by atoms with Crippen LogP contribution in [0.1, 0.15) is 5.56 Å². The van der Waals surface area contributed by atoms with E-state index in [4.69, 9.17) is 0 Å². The van der Waals surface area contributed by atoms with Crippen molar-refractivity contribution in [2.45, 2.75) is 26.5 Å². The minimum absolute atomic E-state index is 1.17. The number of rotatable bonds is 7. The zero-order chi connectivity index (χ0) is 46.6. The second-order valence-electron chi connectivity index (χ2n) is 18.2. The van der Waals surface area contributed by atoms with Crippen LogP contribution in [-0.2, 0) is 0 Å². The molecule has 1 spiro atoms. The quantitative estimate of drug-likeness (QED) is 0.146. The fourth-order valence-electron chi connectivity index (χ4n) is 11.4.